The van der Waals surface area contributed by atoms with Crippen molar-refractivity contribution in [2.24, 2.45) is 0 Å². The molecular formula is C4H2Br4N2. The molecule has 0 aliphatic rings. The summed E-state index contributed by atoms with van der Waals surface area (Å²) in [7, 11) is 0. The van der Waals surface area contributed by atoms with Gasteiger partial charge >= 0.3 is 0 Å². The van der Waals surface area contributed by atoms with Crippen LogP contribution in [0.1, 0.15) is 5.69 Å². The lowest BCUT2D eigenvalue weighted by Crippen LogP contribution is -1.98. The van der Waals surface area contributed by atoms with E-state index in [1.807, 2.05) is 0 Å². The molecule has 0 bridgehead atoms. The van der Waals surface area contributed by atoms with Crippen molar-refractivity contribution in [3.05, 3.63) is 16.4 Å². The summed E-state index contributed by atoms with van der Waals surface area (Å²) < 4.78 is 0.501. The molecule has 0 saturated carbocycles. The van der Waals surface area contributed by atoms with E-state index in [9.17, 15) is 0 Å². The third kappa shape index (κ3) is 2.06. The highest BCUT2D eigenvalue weighted by Gasteiger charge is 2.25. The number of rotatable bonds is 0. The highest BCUT2D eigenvalue weighted by molar-refractivity contribution is 9.38. The van der Waals surface area contributed by atoms with Gasteiger partial charge in [-0.05, 0) is 15.9 Å². The fraction of sp³-hybridized carbons (Fsp3) is 0.250. The van der Waals surface area contributed by atoms with Crippen LogP contribution in [0.15, 0.2) is 10.7 Å². The van der Waals surface area contributed by atoms with Crippen molar-refractivity contribution >= 4 is 63.7 Å². The smallest absolute Gasteiger partial charge is 0.177 e. The van der Waals surface area contributed by atoms with Gasteiger partial charge in [-0.1, -0.05) is 47.8 Å². The summed E-state index contributed by atoms with van der Waals surface area (Å²) >= 11 is 13.4. The first-order valence-electron chi connectivity index (χ1n) is 2.28. The lowest BCUT2D eigenvalue weighted by Gasteiger charge is -2.08. The molecule has 2 nitrogen and oxygen atoms in total. The van der Waals surface area contributed by atoms with Crippen molar-refractivity contribution in [3.8, 4) is 0 Å². The van der Waals surface area contributed by atoms with Crippen LogP contribution < -0.4 is 0 Å². The summed E-state index contributed by atoms with van der Waals surface area (Å²) in [5.74, 6) is 0. The first kappa shape index (κ1) is 9.22. The van der Waals surface area contributed by atoms with Crippen molar-refractivity contribution in [1.29, 1.82) is 0 Å². The number of alkyl halides is 3. The van der Waals surface area contributed by atoms with Crippen molar-refractivity contribution in [2.45, 2.75) is 2.14 Å². The first-order chi connectivity index (χ1) is 4.52. The maximum atomic E-state index is 3.83. The van der Waals surface area contributed by atoms with Crippen LogP contribution in [0.3, 0.4) is 0 Å². The number of nitrogens with zero attached hydrogens (tertiary/aromatic N) is 1. The maximum absolute atomic E-state index is 3.83. The van der Waals surface area contributed by atoms with E-state index in [2.05, 4.69) is 73.9 Å². The lowest BCUT2D eigenvalue weighted by atomic mass is 10.5. The van der Waals surface area contributed by atoms with Crippen LogP contribution in [0, 0.1) is 0 Å². The molecule has 1 N–H and O–H groups in total. The van der Waals surface area contributed by atoms with Gasteiger partial charge in [-0.3, -0.25) is 5.10 Å². The highest BCUT2D eigenvalue weighted by atomic mass is 80.0. The van der Waals surface area contributed by atoms with E-state index in [1.165, 1.54) is 0 Å². The number of hydrogen-bond acceptors (Lipinski definition) is 1. The zero-order valence-corrected chi connectivity index (χ0v) is 10.9. The van der Waals surface area contributed by atoms with E-state index in [0.29, 0.717) is 0 Å². The SMILES string of the molecule is Brc1cn[nH]c1C(Br)(Br)Br. The predicted octanol–water partition coefficient (Wildman–Crippen LogP) is 3.47. The average molecular weight is 398 g/mol. The van der Waals surface area contributed by atoms with Crippen LogP contribution in [0.5, 0.6) is 0 Å². The molecular weight excluding hydrogens is 396 g/mol. The zero-order valence-electron chi connectivity index (χ0n) is 4.54. The van der Waals surface area contributed by atoms with Gasteiger partial charge in [0.05, 0.1) is 16.4 Å². The summed E-state index contributed by atoms with van der Waals surface area (Å²) in [5.41, 5.74) is 0.896. The minimum atomic E-state index is -0.414. The van der Waals surface area contributed by atoms with Crippen molar-refractivity contribution in [2.75, 3.05) is 0 Å². The topological polar surface area (TPSA) is 28.7 Å². The molecule has 0 unspecified atom stereocenters. The number of aromatic amines is 1. The summed E-state index contributed by atoms with van der Waals surface area (Å²) in [4.78, 5) is 0. The van der Waals surface area contributed by atoms with E-state index in [0.717, 1.165) is 10.2 Å². The minimum Gasteiger partial charge on any atom is -0.278 e. The fourth-order valence-corrected chi connectivity index (χ4v) is 2.66. The Hall–Kier alpha value is 1.13. The Bertz CT molecular complexity index is 225. The van der Waals surface area contributed by atoms with Crippen LogP contribution in [0.4, 0.5) is 0 Å². The van der Waals surface area contributed by atoms with Gasteiger partial charge < -0.3 is 0 Å². The number of H-pyrrole nitrogens is 1. The van der Waals surface area contributed by atoms with E-state index < -0.39 is 2.14 Å². The van der Waals surface area contributed by atoms with Crippen LogP contribution >= 0.6 is 63.7 Å². The molecule has 0 aliphatic heterocycles. The van der Waals surface area contributed by atoms with Gasteiger partial charge in [0.1, 0.15) is 0 Å². The normalized spacial score (nSPS) is 12.0. The Balaban J connectivity index is 3.05. The third-order valence-corrected chi connectivity index (χ3v) is 2.67. The molecule has 56 valence electrons. The van der Waals surface area contributed by atoms with Crippen LogP contribution in [-0.2, 0) is 2.14 Å². The highest BCUT2D eigenvalue weighted by Crippen LogP contribution is 2.45. The summed E-state index contributed by atoms with van der Waals surface area (Å²) in [5, 5.41) is 6.63. The van der Waals surface area contributed by atoms with E-state index in [4.69, 9.17) is 0 Å². The van der Waals surface area contributed by atoms with Crippen LogP contribution in [0.2, 0.25) is 0 Å². The summed E-state index contributed by atoms with van der Waals surface area (Å²) in [6.07, 6.45) is 1.69. The largest absolute Gasteiger partial charge is 0.278 e. The average Bonchev–Trinajstić information content (AvgIpc) is 2.11. The Kier molecular flexibility index (Phi) is 2.99. The molecule has 1 rings (SSSR count). The van der Waals surface area contributed by atoms with Gasteiger partial charge in [0, 0.05) is 0 Å². The Morgan fingerprint density at radius 2 is 2.00 bits per heavy atom. The van der Waals surface area contributed by atoms with Crippen molar-refractivity contribution < 1.29 is 0 Å². The van der Waals surface area contributed by atoms with E-state index >= 15 is 0 Å². The van der Waals surface area contributed by atoms with Gasteiger partial charge in [0.15, 0.2) is 2.14 Å². The number of hydrogen-bond donors (Lipinski definition) is 1. The minimum absolute atomic E-state index is 0.414. The zero-order chi connectivity index (χ0) is 7.78. The third-order valence-electron chi connectivity index (χ3n) is 0.877. The summed E-state index contributed by atoms with van der Waals surface area (Å²) in [6, 6.07) is 0. The summed E-state index contributed by atoms with van der Waals surface area (Å²) in [6.45, 7) is 0. The second-order valence-electron chi connectivity index (χ2n) is 1.59. The monoisotopic (exact) mass is 394 g/mol. The Morgan fingerprint density at radius 1 is 1.40 bits per heavy atom. The predicted molar refractivity (Wildman–Crippen MR) is 54.7 cm³/mol. The van der Waals surface area contributed by atoms with E-state index in [1.54, 1.807) is 6.20 Å². The molecule has 0 aliphatic carbocycles. The number of aromatic nitrogens is 2. The standard InChI is InChI=1S/C4H2Br4N2/c5-2-1-9-10-3(2)4(6,7)8/h1H,(H,9,10). The molecule has 0 aromatic carbocycles. The number of nitrogens with one attached hydrogen (secondary N) is 1. The fourth-order valence-electron chi connectivity index (χ4n) is 0.470. The molecule has 1 heterocycles. The molecule has 0 atom stereocenters. The quantitative estimate of drug-likeness (QED) is 0.667. The maximum Gasteiger partial charge on any atom is 0.177 e. The Morgan fingerprint density at radius 3 is 2.20 bits per heavy atom. The molecule has 0 spiro atoms. The second-order valence-corrected chi connectivity index (χ2v) is 9.21. The molecule has 0 saturated heterocycles. The Labute approximate surface area is 91.7 Å². The second kappa shape index (κ2) is 3.25. The van der Waals surface area contributed by atoms with Crippen LogP contribution in [0.25, 0.3) is 0 Å². The van der Waals surface area contributed by atoms with E-state index in [-0.39, 0.29) is 0 Å². The van der Waals surface area contributed by atoms with Gasteiger partial charge in [0.25, 0.3) is 0 Å². The van der Waals surface area contributed by atoms with Gasteiger partial charge in [-0.25, -0.2) is 0 Å². The molecule has 0 amide bonds. The molecule has 6 heteroatoms. The first-order valence-corrected chi connectivity index (χ1v) is 5.45. The van der Waals surface area contributed by atoms with Crippen molar-refractivity contribution in [3.63, 3.8) is 0 Å². The van der Waals surface area contributed by atoms with Gasteiger partial charge in [-0.15, -0.1) is 0 Å². The molecule has 10 heavy (non-hydrogen) atoms. The molecule has 1 aromatic rings. The van der Waals surface area contributed by atoms with Crippen LogP contribution in [-0.4, -0.2) is 10.2 Å². The molecule has 0 fully saturated rings. The lowest BCUT2D eigenvalue weighted by molar-refractivity contribution is 1.03. The van der Waals surface area contributed by atoms with Gasteiger partial charge in [-0.2, -0.15) is 5.10 Å². The molecule has 1 aromatic heterocycles. The van der Waals surface area contributed by atoms with Crippen molar-refractivity contribution in [1.82, 2.24) is 10.2 Å². The molecule has 0 radical (unpaired) electrons. The number of halogens is 4. The van der Waals surface area contributed by atoms with Gasteiger partial charge in [0.2, 0.25) is 0 Å².